The molecule has 1 N–H and O–H groups in total. The van der Waals surface area contributed by atoms with E-state index in [9.17, 15) is 18.0 Å². The average molecular weight is 641 g/mol. The largest absolute Gasteiger partial charge is 0.354 e. The zero-order valence-corrected chi connectivity index (χ0v) is 24.8. The molecule has 11 heteroatoms. The Kier molecular flexibility index (Phi) is 10.6. The molecule has 3 aromatic rings. The minimum absolute atomic E-state index is 0.00494. The number of amides is 2. The number of hydrogen-bond acceptors (Lipinski definition) is 4. The Balaban J connectivity index is 2.04. The van der Waals surface area contributed by atoms with E-state index in [0.717, 1.165) is 20.8 Å². The van der Waals surface area contributed by atoms with E-state index in [1.165, 1.54) is 29.2 Å². The van der Waals surface area contributed by atoms with Crippen molar-refractivity contribution in [3.05, 3.63) is 92.9 Å². The van der Waals surface area contributed by atoms with Crippen molar-refractivity contribution in [1.29, 1.82) is 0 Å². The summed E-state index contributed by atoms with van der Waals surface area (Å²) < 4.78 is 29.3. The molecule has 3 aromatic carbocycles. The lowest BCUT2D eigenvalue weighted by Crippen LogP contribution is -2.51. The Labute approximate surface area is 241 Å². The van der Waals surface area contributed by atoms with Crippen LogP contribution in [0.15, 0.2) is 82.2 Å². The third kappa shape index (κ3) is 7.28. The lowest BCUT2D eigenvalue weighted by molar-refractivity contribution is -0.139. The lowest BCUT2D eigenvalue weighted by Gasteiger charge is -2.32. The topological polar surface area (TPSA) is 86.8 Å². The zero-order chi connectivity index (χ0) is 27.9. The highest BCUT2D eigenvalue weighted by molar-refractivity contribution is 9.10. The molecule has 2 amide bonds. The normalized spacial score (nSPS) is 12.0. The Hall–Kier alpha value is -2.59. The molecule has 0 unspecified atom stereocenters. The van der Waals surface area contributed by atoms with Gasteiger partial charge in [0.15, 0.2) is 0 Å². The summed E-state index contributed by atoms with van der Waals surface area (Å²) in [4.78, 5) is 28.1. The summed E-state index contributed by atoms with van der Waals surface area (Å²) in [6, 6.07) is 18.8. The van der Waals surface area contributed by atoms with Gasteiger partial charge in [-0.2, -0.15) is 0 Å². The van der Waals surface area contributed by atoms with Gasteiger partial charge in [0.1, 0.15) is 12.6 Å². The van der Waals surface area contributed by atoms with E-state index in [-0.39, 0.29) is 33.1 Å². The molecule has 0 bridgehead atoms. The Morgan fingerprint density at radius 2 is 1.63 bits per heavy atom. The molecule has 3 rings (SSSR count). The maximum Gasteiger partial charge on any atom is 0.264 e. The smallest absolute Gasteiger partial charge is 0.264 e. The maximum atomic E-state index is 13.8. The lowest BCUT2D eigenvalue weighted by atomic mass is 10.1. The van der Waals surface area contributed by atoms with Crippen LogP contribution in [0.2, 0.25) is 10.0 Å². The maximum absolute atomic E-state index is 13.8. The Morgan fingerprint density at radius 3 is 2.26 bits per heavy atom. The third-order valence-electron chi connectivity index (χ3n) is 5.79. The number of sulfonamides is 1. The van der Waals surface area contributed by atoms with E-state index in [2.05, 4.69) is 21.2 Å². The zero-order valence-electron chi connectivity index (χ0n) is 20.9. The van der Waals surface area contributed by atoms with Crippen LogP contribution >= 0.6 is 39.1 Å². The molecular weight excluding hydrogens is 613 g/mol. The number of carbonyl (C=O) groups is 2. The highest BCUT2D eigenvalue weighted by Crippen LogP contribution is 2.35. The third-order valence-corrected chi connectivity index (χ3v) is 8.90. The molecule has 0 spiro atoms. The van der Waals surface area contributed by atoms with Crippen LogP contribution in [0.4, 0.5) is 5.69 Å². The molecule has 202 valence electrons. The van der Waals surface area contributed by atoms with Crippen LogP contribution in [0.3, 0.4) is 0 Å². The van der Waals surface area contributed by atoms with Crippen LogP contribution in [-0.2, 0) is 26.2 Å². The molecular formula is C27H28BrCl2N3O4S. The summed E-state index contributed by atoms with van der Waals surface area (Å²) in [5.74, 6) is -0.918. The molecule has 0 aliphatic rings. The Morgan fingerprint density at radius 1 is 0.974 bits per heavy atom. The van der Waals surface area contributed by atoms with Crippen molar-refractivity contribution in [2.45, 2.75) is 37.8 Å². The predicted molar refractivity (Wildman–Crippen MR) is 155 cm³/mol. The molecule has 0 aliphatic carbocycles. The molecule has 7 nitrogen and oxygen atoms in total. The van der Waals surface area contributed by atoms with Crippen molar-refractivity contribution in [3.8, 4) is 0 Å². The quantitative estimate of drug-likeness (QED) is 0.283. The number of halogens is 3. The van der Waals surface area contributed by atoms with Gasteiger partial charge in [0.25, 0.3) is 10.0 Å². The molecule has 1 atom stereocenters. The minimum Gasteiger partial charge on any atom is -0.354 e. The summed E-state index contributed by atoms with van der Waals surface area (Å²) in [6.45, 7) is 3.49. The molecule has 0 saturated heterocycles. The van der Waals surface area contributed by atoms with Gasteiger partial charge in [0.05, 0.1) is 20.6 Å². The molecule has 0 aromatic heterocycles. The van der Waals surface area contributed by atoms with Crippen LogP contribution in [0.5, 0.6) is 0 Å². The number of anilines is 1. The highest BCUT2D eigenvalue weighted by atomic mass is 79.9. The fourth-order valence-electron chi connectivity index (χ4n) is 3.68. The fraction of sp³-hybridized carbons (Fsp3) is 0.259. The number of nitrogens with one attached hydrogen (secondary N) is 1. The van der Waals surface area contributed by atoms with Crippen molar-refractivity contribution < 1.29 is 18.0 Å². The van der Waals surface area contributed by atoms with E-state index in [4.69, 9.17) is 23.2 Å². The molecule has 0 aliphatic heterocycles. The van der Waals surface area contributed by atoms with Gasteiger partial charge in [0, 0.05) is 17.6 Å². The van der Waals surface area contributed by atoms with E-state index in [0.29, 0.717) is 6.54 Å². The van der Waals surface area contributed by atoms with Crippen molar-refractivity contribution >= 4 is 66.7 Å². The summed E-state index contributed by atoms with van der Waals surface area (Å²) in [6.07, 6.45) is 0.732. The van der Waals surface area contributed by atoms with Gasteiger partial charge in [-0.1, -0.05) is 82.5 Å². The van der Waals surface area contributed by atoms with Gasteiger partial charge < -0.3 is 10.2 Å². The van der Waals surface area contributed by atoms with Crippen molar-refractivity contribution in [2.75, 3.05) is 17.4 Å². The average Bonchev–Trinajstić information content (AvgIpc) is 2.91. The van der Waals surface area contributed by atoms with Gasteiger partial charge in [-0.15, -0.1) is 0 Å². The standard InChI is InChI=1S/C27H28BrCl2N3O4S/c1-3-16-31-27(35)19(2)32(17-20-12-14-21(28)15-13-20)25(34)18-33(24-11-7-10-23(29)26(24)30)38(36,37)22-8-5-4-6-9-22/h4-15,19H,3,16-18H2,1-2H3,(H,31,35)/t19-/m0/s1. The van der Waals surface area contributed by atoms with Gasteiger partial charge in [-0.3, -0.25) is 13.9 Å². The minimum atomic E-state index is -4.22. The molecule has 0 saturated carbocycles. The van der Waals surface area contributed by atoms with Gasteiger partial charge in [-0.25, -0.2) is 8.42 Å². The molecule has 0 fully saturated rings. The van der Waals surface area contributed by atoms with E-state index >= 15 is 0 Å². The summed E-state index contributed by atoms with van der Waals surface area (Å²) in [5.41, 5.74) is 0.831. The summed E-state index contributed by atoms with van der Waals surface area (Å²) in [5, 5.41) is 2.95. The van der Waals surface area contributed by atoms with Crippen molar-refractivity contribution in [1.82, 2.24) is 10.2 Å². The van der Waals surface area contributed by atoms with Crippen molar-refractivity contribution in [3.63, 3.8) is 0 Å². The first-order chi connectivity index (χ1) is 18.1. The van der Waals surface area contributed by atoms with E-state index < -0.39 is 28.5 Å². The van der Waals surface area contributed by atoms with Crippen LogP contribution in [0.1, 0.15) is 25.8 Å². The monoisotopic (exact) mass is 639 g/mol. The SMILES string of the molecule is CCCNC(=O)[C@H](C)N(Cc1ccc(Br)cc1)C(=O)CN(c1cccc(Cl)c1Cl)S(=O)(=O)c1ccccc1. The van der Waals surface area contributed by atoms with E-state index in [1.54, 1.807) is 31.2 Å². The molecule has 38 heavy (non-hydrogen) atoms. The van der Waals surface area contributed by atoms with E-state index in [1.807, 2.05) is 31.2 Å². The Bertz CT molecular complexity index is 1370. The highest BCUT2D eigenvalue weighted by Gasteiger charge is 2.33. The second-order valence-electron chi connectivity index (χ2n) is 8.51. The van der Waals surface area contributed by atoms with Gasteiger partial charge >= 0.3 is 0 Å². The van der Waals surface area contributed by atoms with Crippen LogP contribution in [-0.4, -0.2) is 44.3 Å². The van der Waals surface area contributed by atoms with Gasteiger partial charge in [-0.05, 0) is 55.3 Å². The van der Waals surface area contributed by atoms with Crippen LogP contribution < -0.4 is 9.62 Å². The fourth-order valence-corrected chi connectivity index (χ4v) is 5.84. The number of hydrogen-bond donors (Lipinski definition) is 1. The number of carbonyl (C=O) groups excluding carboxylic acids is 2. The first-order valence-corrected chi connectivity index (χ1v) is 14.9. The van der Waals surface area contributed by atoms with Crippen molar-refractivity contribution in [2.24, 2.45) is 0 Å². The first-order valence-electron chi connectivity index (χ1n) is 11.9. The summed E-state index contributed by atoms with van der Waals surface area (Å²) >= 11 is 16.0. The van der Waals surface area contributed by atoms with Crippen LogP contribution in [0, 0.1) is 0 Å². The predicted octanol–water partition coefficient (Wildman–Crippen LogP) is 5.89. The first kappa shape index (κ1) is 30.0. The number of benzene rings is 3. The second-order valence-corrected chi connectivity index (χ2v) is 12.1. The molecule has 0 radical (unpaired) electrons. The molecule has 0 heterocycles. The number of nitrogens with zero attached hydrogens (tertiary/aromatic N) is 2. The second kappa shape index (κ2) is 13.5. The number of rotatable bonds is 11. The van der Waals surface area contributed by atoms with Crippen LogP contribution in [0.25, 0.3) is 0 Å². The van der Waals surface area contributed by atoms with Gasteiger partial charge in [0.2, 0.25) is 11.8 Å². The summed E-state index contributed by atoms with van der Waals surface area (Å²) in [7, 11) is -4.22.